The lowest BCUT2D eigenvalue weighted by Gasteiger charge is -2.22. The van der Waals surface area contributed by atoms with Crippen molar-refractivity contribution in [2.45, 2.75) is 19.0 Å². The highest BCUT2D eigenvalue weighted by Gasteiger charge is 2.36. The quantitative estimate of drug-likeness (QED) is 0.663. The molecule has 0 atom stereocenters. The molecule has 1 aliphatic rings. The number of piperidine rings is 1. The first-order valence-corrected chi connectivity index (χ1v) is 6.66. The Morgan fingerprint density at radius 1 is 1.32 bits per heavy atom. The number of rotatable bonds is 3. The fourth-order valence-electron chi connectivity index (χ4n) is 2.31. The van der Waals surface area contributed by atoms with E-state index in [0.717, 1.165) is 12.1 Å². The molecule has 120 valence electrons. The Bertz CT molecular complexity index is 584. The van der Waals surface area contributed by atoms with Crippen LogP contribution in [0.2, 0.25) is 0 Å². The molecule has 1 aliphatic heterocycles. The van der Waals surface area contributed by atoms with Gasteiger partial charge in [0.2, 0.25) is 5.91 Å². The van der Waals surface area contributed by atoms with Gasteiger partial charge in [0, 0.05) is 18.1 Å². The third-order valence-corrected chi connectivity index (χ3v) is 3.49. The van der Waals surface area contributed by atoms with Gasteiger partial charge in [-0.25, -0.2) is 0 Å². The fraction of sp³-hybridized carbons (Fsp3) is 0.462. The summed E-state index contributed by atoms with van der Waals surface area (Å²) >= 11 is 0. The van der Waals surface area contributed by atoms with Gasteiger partial charge in [0.05, 0.1) is 16.2 Å². The number of nitrogens with one attached hydrogen (secondary N) is 2. The molecule has 22 heavy (non-hydrogen) atoms. The van der Waals surface area contributed by atoms with E-state index in [1.165, 1.54) is 0 Å². The SMILES string of the molecule is O=C(Nc1ccc([N+](=O)[O-])cc1C(F)(F)F)C1CCNCC1. The Morgan fingerprint density at radius 2 is 1.95 bits per heavy atom. The summed E-state index contributed by atoms with van der Waals surface area (Å²) < 4.78 is 39.0. The van der Waals surface area contributed by atoms with E-state index >= 15 is 0 Å². The van der Waals surface area contributed by atoms with Gasteiger partial charge in [-0.1, -0.05) is 0 Å². The lowest BCUT2D eigenvalue weighted by Crippen LogP contribution is -2.35. The number of carbonyl (C=O) groups excluding carboxylic acids is 1. The van der Waals surface area contributed by atoms with E-state index in [1.54, 1.807) is 0 Å². The number of hydrogen-bond donors (Lipinski definition) is 2. The minimum absolute atomic E-state index is 0.363. The Kier molecular flexibility index (Phi) is 4.65. The van der Waals surface area contributed by atoms with Crippen LogP contribution < -0.4 is 10.6 Å². The summed E-state index contributed by atoms with van der Waals surface area (Å²) in [7, 11) is 0. The van der Waals surface area contributed by atoms with E-state index in [1.807, 2.05) is 0 Å². The molecule has 0 unspecified atom stereocenters. The molecule has 0 aliphatic carbocycles. The van der Waals surface area contributed by atoms with Crippen LogP contribution in [0.3, 0.4) is 0 Å². The van der Waals surface area contributed by atoms with Crippen molar-refractivity contribution in [1.29, 1.82) is 0 Å². The number of nitrogens with zero attached hydrogens (tertiary/aromatic N) is 1. The number of amides is 1. The molecule has 0 radical (unpaired) electrons. The van der Waals surface area contributed by atoms with Crippen molar-refractivity contribution in [2.75, 3.05) is 18.4 Å². The van der Waals surface area contributed by atoms with Crippen LogP contribution in [0.5, 0.6) is 0 Å². The van der Waals surface area contributed by atoms with E-state index in [9.17, 15) is 28.1 Å². The number of non-ortho nitro benzene ring substituents is 1. The first-order valence-electron chi connectivity index (χ1n) is 6.66. The molecule has 2 N–H and O–H groups in total. The van der Waals surface area contributed by atoms with Crippen LogP contribution in [0.25, 0.3) is 0 Å². The molecule has 1 amide bonds. The fourth-order valence-corrected chi connectivity index (χ4v) is 2.31. The zero-order valence-corrected chi connectivity index (χ0v) is 11.4. The smallest absolute Gasteiger partial charge is 0.325 e. The van der Waals surface area contributed by atoms with Crippen LogP contribution in [0.1, 0.15) is 18.4 Å². The molecule has 1 heterocycles. The maximum absolute atomic E-state index is 13.0. The van der Waals surface area contributed by atoms with Gasteiger partial charge in [-0.05, 0) is 32.0 Å². The Morgan fingerprint density at radius 3 is 2.50 bits per heavy atom. The van der Waals surface area contributed by atoms with E-state index in [0.29, 0.717) is 32.0 Å². The minimum atomic E-state index is -4.79. The van der Waals surface area contributed by atoms with Gasteiger partial charge < -0.3 is 10.6 Å². The van der Waals surface area contributed by atoms with Gasteiger partial charge in [-0.3, -0.25) is 14.9 Å². The zero-order chi connectivity index (χ0) is 16.3. The molecule has 0 saturated carbocycles. The van der Waals surface area contributed by atoms with Crippen molar-refractivity contribution in [1.82, 2.24) is 5.32 Å². The van der Waals surface area contributed by atoms with Crippen molar-refractivity contribution in [3.63, 3.8) is 0 Å². The number of alkyl halides is 3. The maximum Gasteiger partial charge on any atom is 0.418 e. The molecule has 2 rings (SSSR count). The second kappa shape index (κ2) is 6.30. The molecule has 1 aromatic rings. The molecular weight excluding hydrogens is 303 g/mol. The Labute approximate surface area is 123 Å². The van der Waals surface area contributed by atoms with Crippen LogP contribution in [0.15, 0.2) is 18.2 Å². The van der Waals surface area contributed by atoms with Crippen LogP contribution >= 0.6 is 0 Å². The molecule has 9 heteroatoms. The lowest BCUT2D eigenvalue weighted by atomic mass is 9.97. The summed E-state index contributed by atoms with van der Waals surface area (Å²) in [5.74, 6) is -0.863. The number of benzene rings is 1. The molecule has 0 bridgehead atoms. The molecular formula is C13H14F3N3O3. The van der Waals surface area contributed by atoms with E-state index < -0.39 is 33.9 Å². The van der Waals surface area contributed by atoms with Gasteiger partial charge in [0.15, 0.2) is 0 Å². The summed E-state index contributed by atoms with van der Waals surface area (Å²) in [5.41, 5.74) is -2.35. The molecule has 1 fully saturated rings. The average molecular weight is 317 g/mol. The van der Waals surface area contributed by atoms with Crippen LogP contribution in [-0.4, -0.2) is 23.9 Å². The largest absolute Gasteiger partial charge is 0.418 e. The summed E-state index contributed by atoms with van der Waals surface area (Å²) in [4.78, 5) is 21.7. The monoisotopic (exact) mass is 317 g/mol. The van der Waals surface area contributed by atoms with Gasteiger partial charge >= 0.3 is 6.18 Å². The predicted octanol–water partition coefficient (Wildman–Crippen LogP) is 2.55. The van der Waals surface area contributed by atoms with Gasteiger partial charge in [-0.15, -0.1) is 0 Å². The minimum Gasteiger partial charge on any atom is -0.325 e. The first-order chi connectivity index (χ1) is 10.3. The Balaban J connectivity index is 2.25. The highest BCUT2D eigenvalue weighted by atomic mass is 19.4. The van der Waals surface area contributed by atoms with Crippen LogP contribution in [-0.2, 0) is 11.0 Å². The standard InChI is InChI=1S/C13H14F3N3O3/c14-13(15,16)10-7-9(19(21)22)1-2-11(10)18-12(20)8-3-5-17-6-4-8/h1-2,7-8,17H,3-6H2,(H,18,20). The summed E-state index contributed by atoms with van der Waals surface area (Å²) in [5, 5.41) is 15.9. The second-order valence-electron chi connectivity index (χ2n) is 5.00. The van der Waals surface area contributed by atoms with Crippen molar-refractivity contribution >= 4 is 17.3 Å². The number of anilines is 1. The lowest BCUT2D eigenvalue weighted by molar-refractivity contribution is -0.385. The number of halogens is 3. The van der Waals surface area contributed by atoms with Crippen molar-refractivity contribution in [3.05, 3.63) is 33.9 Å². The number of nitro benzene ring substituents is 1. The molecule has 0 spiro atoms. The van der Waals surface area contributed by atoms with Crippen LogP contribution in [0.4, 0.5) is 24.5 Å². The molecule has 6 nitrogen and oxygen atoms in total. The topological polar surface area (TPSA) is 84.3 Å². The summed E-state index contributed by atoms with van der Waals surface area (Å²) in [6, 6.07) is 2.28. The number of hydrogen-bond acceptors (Lipinski definition) is 4. The molecule has 1 aromatic carbocycles. The summed E-state index contributed by atoms with van der Waals surface area (Å²) in [6.45, 7) is 1.26. The highest BCUT2D eigenvalue weighted by molar-refractivity contribution is 5.93. The predicted molar refractivity (Wildman–Crippen MR) is 72.3 cm³/mol. The van der Waals surface area contributed by atoms with Gasteiger partial charge in [0.25, 0.3) is 5.69 Å². The second-order valence-corrected chi connectivity index (χ2v) is 5.00. The van der Waals surface area contributed by atoms with Gasteiger partial charge in [0.1, 0.15) is 0 Å². The number of carbonyl (C=O) groups is 1. The Hall–Kier alpha value is -2.16. The number of nitro groups is 1. The normalized spacial score (nSPS) is 16.3. The van der Waals surface area contributed by atoms with Crippen LogP contribution in [0, 0.1) is 16.0 Å². The van der Waals surface area contributed by atoms with E-state index in [-0.39, 0.29) is 5.92 Å². The van der Waals surface area contributed by atoms with Gasteiger partial charge in [-0.2, -0.15) is 13.2 Å². The highest BCUT2D eigenvalue weighted by Crippen LogP contribution is 2.37. The van der Waals surface area contributed by atoms with E-state index in [2.05, 4.69) is 10.6 Å². The zero-order valence-electron chi connectivity index (χ0n) is 11.4. The maximum atomic E-state index is 13.0. The van der Waals surface area contributed by atoms with Crippen molar-refractivity contribution < 1.29 is 22.9 Å². The molecule has 0 aromatic heterocycles. The molecule has 1 saturated heterocycles. The average Bonchev–Trinajstić information content (AvgIpc) is 2.47. The summed E-state index contributed by atoms with van der Waals surface area (Å²) in [6.07, 6.45) is -3.71. The third-order valence-electron chi connectivity index (χ3n) is 3.49. The van der Waals surface area contributed by atoms with E-state index in [4.69, 9.17) is 0 Å². The van der Waals surface area contributed by atoms with Crippen molar-refractivity contribution in [3.8, 4) is 0 Å². The van der Waals surface area contributed by atoms with Crippen molar-refractivity contribution in [2.24, 2.45) is 5.92 Å². The third kappa shape index (κ3) is 3.73. The first kappa shape index (κ1) is 16.2.